The van der Waals surface area contributed by atoms with Gasteiger partial charge in [0.25, 0.3) is 0 Å². The summed E-state index contributed by atoms with van der Waals surface area (Å²) >= 11 is 0. The summed E-state index contributed by atoms with van der Waals surface area (Å²) in [6.07, 6.45) is -2.98. The third-order valence-electron chi connectivity index (χ3n) is 3.47. The van der Waals surface area contributed by atoms with Crippen LogP contribution in [0.25, 0.3) is 0 Å². The molecule has 0 bridgehead atoms. The van der Waals surface area contributed by atoms with Crippen LogP contribution in [-0.2, 0) is 9.59 Å². The van der Waals surface area contributed by atoms with Crippen LogP contribution in [0.1, 0.15) is 32.1 Å². The number of alkyl halides is 3. The summed E-state index contributed by atoms with van der Waals surface area (Å²) in [4.78, 5) is 24.4. The second kappa shape index (κ2) is 4.87. The molecule has 2 fully saturated rings. The highest BCUT2D eigenvalue weighted by Crippen LogP contribution is 2.28. The lowest BCUT2D eigenvalue weighted by Gasteiger charge is -2.38. The molecular formula is C11H15F3N2O2. The van der Waals surface area contributed by atoms with E-state index < -0.39 is 18.3 Å². The van der Waals surface area contributed by atoms with Crippen LogP contribution in [0.2, 0.25) is 0 Å². The molecule has 0 aliphatic carbocycles. The molecule has 2 unspecified atom stereocenters. The van der Waals surface area contributed by atoms with Gasteiger partial charge in [0.2, 0.25) is 11.8 Å². The molecule has 2 aliphatic rings. The van der Waals surface area contributed by atoms with E-state index in [1.165, 1.54) is 0 Å². The quantitative estimate of drug-likeness (QED) is 0.724. The van der Waals surface area contributed by atoms with Crippen LogP contribution >= 0.6 is 0 Å². The van der Waals surface area contributed by atoms with E-state index in [-0.39, 0.29) is 31.2 Å². The van der Waals surface area contributed by atoms with Gasteiger partial charge in [0.1, 0.15) is 6.04 Å². The van der Waals surface area contributed by atoms with Crippen LogP contribution in [0.5, 0.6) is 0 Å². The lowest BCUT2D eigenvalue weighted by molar-refractivity contribution is -0.165. The molecular weight excluding hydrogens is 249 g/mol. The molecule has 0 radical (unpaired) electrons. The fraction of sp³-hybridized carbons (Fsp3) is 0.818. The van der Waals surface area contributed by atoms with E-state index in [1.807, 2.05) is 0 Å². The van der Waals surface area contributed by atoms with Crippen molar-refractivity contribution in [3.8, 4) is 0 Å². The van der Waals surface area contributed by atoms with Crippen molar-refractivity contribution < 1.29 is 22.8 Å². The number of hydrogen-bond acceptors (Lipinski definition) is 3. The first-order chi connectivity index (χ1) is 8.39. The Bertz CT molecular complexity index is 333. The van der Waals surface area contributed by atoms with Gasteiger partial charge < -0.3 is 5.32 Å². The molecule has 0 aromatic rings. The number of imide groups is 1. The molecule has 2 heterocycles. The van der Waals surface area contributed by atoms with Crippen LogP contribution in [-0.4, -0.2) is 41.5 Å². The molecule has 2 aliphatic heterocycles. The Morgan fingerprint density at radius 3 is 2.17 bits per heavy atom. The van der Waals surface area contributed by atoms with Gasteiger partial charge in [0, 0.05) is 19.4 Å². The van der Waals surface area contributed by atoms with Crippen molar-refractivity contribution in [3.05, 3.63) is 0 Å². The minimum absolute atomic E-state index is 0.0294. The molecule has 4 nitrogen and oxygen atoms in total. The molecule has 0 saturated carbocycles. The van der Waals surface area contributed by atoms with Crippen molar-refractivity contribution in [1.82, 2.24) is 10.2 Å². The fourth-order valence-electron chi connectivity index (χ4n) is 2.52. The average Bonchev–Trinajstić information content (AvgIpc) is 2.28. The number of amides is 2. The molecule has 2 atom stereocenters. The number of rotatable bonds is 1. The molecule has 102 valence electrons. The van der Waals surface area contributed by atoms with Crippen molar-refractivity contribution in [1.29, 1.82) is 0 Å². The highest BCUT2D eigenvalue weighted by Gasteiger charge is 2.43. The first kappa shape index (κ1) is 13.3. The largest absolute Gasteiger partial charge is 0.403 e. The van der Waals surface area contributed by atoms with Crippen LogP contribution in [0.15, 0.2) is 0 Å². The molecule has 2 rings (SSSR count). The number of halogens is 3. The number of nitrogens with one attached hydrogen (secondary N) is 1. The van der Waals surface area contributed by atoms with Gasteiger partial charge in [-0.3, -0.25) is 14.5 Å². The van der Waals surface area contributed by atoms with Crippen LogP contribution in [0.4, 0.5) is 13.2 Å². The maximum atomic E-state index is 12.5. The number of piperidine rings is 2. The Kier molecular flexibility index (Phi) is 3.61. The predicted molar refractivity (Wildman–Crippen MR) is 56.6 cm³/mol. The summed E-state index contributed by atoms with van der Waals surface area (Å²) in [5.41, 5.74) is 0. The zero-order valence-electron chi connectivity index (χ0n) is 9.79. The molecule has 18 heavy (non-hydrogen) atoms. The van der Waals surface area contributed by atoms with Gasteiger partial charge in [0.05, 0.1) is 6.04 Å². The predicted octanol–water partition coefficient (Wildman–Crippen LogP) is 1.21. The van der Waals surface area contributed by atoms with E-state index in [1.54, 1.807) is 0 Å². The highest BCUT2D eigenvalue weighted by molar-refractivity contribution is 5.97. The molecule has 7 heteroatoms. The van der Waals surface area contributed by atoms with Crippen molar-refractivity contribution in [3.63, 3.8) is 0 Å². The topological polar surface area (TPSA) is 49.4 Å². The van der Waals surface area contributed by atoms with E-state index in [4.69, 9.17) is 0 Å². The molecule has 0 aromatic heterocycles. The Labute approximate surface area is 103 Å². The lowest BCUT2D eigenvalue weighted by Crippen LogP contribution is -2.57. The molecule has 1 N–H and O–H groups in total. The first-order valence-corrected chi connectivity index (χ1v) is 6.04. The first-order valence-electron chi connectivity index (χ1n) is 6.04. The SMILES string of the molecule is O=C1CCCC(=O)N1C1CCC(C(F)(F)F)NC1. The number of nitrogens with zero attached hydrogens (tertiary/aromatic N) is 1. The average molecular weight is 264 g/mol. The van der Waals surface area contributed by atoms with Gasteiger partial charge >= 0.3 is 6.18 Å². The third kappa shape index (κ3) is 2.66. The molecule has 2 saturated heterocycles. The summed E-state index contributed by atoms with van der Waals surface area (Å²) in [7, 11) is 0. The number of likely N-dealkylation sites (tertiary alicyclic amines) is 1. The van der Waals surface area contributed by atoms with Crippen molar-refractivity contribution in [2.24, 2.45) is 0 Å². The van der Waals surface area contributed by atoms with E-state index in [0.717, 1.165) is 4.90 Å². The fourth-order valence-corrected chi connectivity index (χ4v) is 2.52. The van der Waals surface area contributed by atoms with Crippen LogP contribution in [0.3, 0.4) is 0 Å². The van der Waals surface area contributed by atoms with Gasteiger partial charge in [-0.15, -0.1) is 0 Å². The van der Waals surface area contributed by atoms with Gasteiger partial charge in [-0.1, -0.05) is 0 Å². The van der Waals surface area contributed by atoms with Gasteiger partial charge in [-0.25, -0.2) is 0 Å². The summed E-state index contributed by atoms with van der Waals surface area (Å²) < 4.78 is 37.4. The Hall–Kier alpha value is -1.11. The van der Waals surface area contributed by atoms with E-state index in [0.29, 0.717) is 19.3 Å². The Morgan fingerprint density at radius 2 is 1.72 bits per heavy atom. The highest BCUT2D eigenvalue weighted by atomic mass is 19.4. The van der Waals surface area contributed by atoms with Crippen LogP contribution in [0, 0.1) is 0 Å². The zero-order valence-corrected chi connectivity index (χ0v) is 9.79. The van der Waals surface area contributed by atoms with Crippen LogP contribution < -0.4 is 5.32 Å². The number of carbonyl (C=O) groups excluding carboxylic acids is 2. The summed E-state index contributed by atoms with van der Waals surface area (Å²) in [6.45, 7) is 0.0294. The third-order valence-corrected chi connectivity index (χ3v) is 3.47. The van der Waals surface area contributed by atoms with Gasteiger partial charge in [-0.05, 0) is 19.3 Å². The van der Waals surface area contributed by atoms with E-state index >= 15 is 0 Å². The van der Waals surface area contributed by atoms with Crippen molar-refractivity contribution in [2.75, 3.05) is 6.54 Å². The maximum Gasteiger partial charge on any atom is 0.403 e. The van der Waals surface area contributed by atoms with E-state index in [9.17, 15) is 22.8 Å². The van der Waals surface area contributed by atoms with Crippen molar-refractivity contribution >= 4 is 11.8 Å². The smallest absolute Gasteiger partial charge is 0.304 e. The molecule has 2 amide bonds. The zero-order chi connectivity index (χ0) is 13.3. The lowest BCUT2D eigenvalue weighted by atomic mass is 9.96. The second-order valence-electron chi connectivity index (χ2n) is 4.74. The monoisotopic (exact) mass is 264 g/mol. The summed E-state index contributed by atoms with van der Waals surface area (Å²) in [6, 6.07) is -1.95. The van der Waals surface area contributed by atoms with Gasteiger partial charge in [0.15, 0.2) is 0 Å². The standard InChI is InChI=1S/C11H15F3N2O2/c12-11(13,14)8-5-4-7(6-15-8)16-9(17)2-1-3-10(16)18/h7-8,15H,1-6H2. The Morgan fingerprint density at radius 1 is 1.11 bits per heavy atom. The van der Waals surface area contributed by atoms with E-state index in [2.05, 4.69) is 5.32 Å². The minimum atomic E-state index is -4.26. The minimum Gasteiger partial charge on any atom is -0.304 e. The summed E-state index contributed by atoms with van der Waals surface area (Å²) in [5, 5.41) is 2.38. The van der Waals surface area contributed by atoms with Gasteiger partial charge in [-0.2, -0.15) is 13.2 Å². The molecule has 0 spiro atoms. The summed E-state index contributed by atoms with van der Waals surface area (Å²) in [5.74, 6) is -0.521. The van der Waals surface area contributed by atoms with Crippen molar-refractivity contribution in [2.45, 2.75) is 50.4 Å². The normalized spacial score (nSPS) is 30.7. The molecule has 0 aromatic carbocycles. The number of carbonyl (C=O) groups is 2. The Balaban J connectivity index is 1.97. The maximum absolute atomic E-state index is 12.5. The number of hydrogen-bond donors (Lipinski definition) is 1. The second-order valence-corrected chi connectivity index (χ2v) is 4.74.